The van der Waals surface area contributed by atoms with E-state index in [2.05, 4.69) is 34.6 Å². The molecular weight excluding hydrogens is 368 g/mol. The number of thiazole rings is 1. The van der Waals surface area contributed by atoms with Crippen LogP contribution in [0.2, 0.25) is 0 Å². The van der Waals surface area contributed by atoms with E-state index in [9.17, 15) is 4.79 Å². The topological polar surface area (TPSA) is 51.2 Å². The molecule has 1 N–H and O–H groups in total. The van der Waals surface area contributed by atoms with Crippen molar-refractivity contribution in [1.29, 1.82) is 0 Å². The molecule has 1 heterocycles. The molecule has 0 fully saturated rings. The molecule has 140 valence electrons. The number of carbonyl (C=O) groups excluding carboxylic acids is 1. The van der Waals surface area contributed by atoms with Crippen molar-refractivity contribution >= 4 is 33.1 Å². The van der Waals surface area contributed by atoms with Gasteiger partial charge in [-0.05, 0) is 41.8 Å². The lowest BCUT2D eigenvalue weighted by atomic mass is 10.1. The van der Waals surface area contributed by atoms with Crippen LogP contribution in [0.25, 0.3) is 22.0 Å². The van der Waals surface area contributed by atoms with Gasteiger partial charge in [0.1, 0.15) is 5.75 Å². The van der Waals surface area contributed by atoms with E-state index in [1.165, 1.54) is 22.1 Å². The monoisotopic (exact) mass is 388 g/mol. The van der Waals surface area contributed by atoms with Gasteiger partial charge in [0.25, 0.3) is 5.91 Å². The quantitative estimate of drug-likeness (QED) is 0.484. The summed E-state index contributed by atoms with van der Waals surface area (Å²) in [5, 5.41) is 7.70. The Balaban J connectivity index is 1.43. The number of ether oxygens (including phenoxy) is 1. The van der Waals surface area contributed by atoms with Crippen LogP contribution < -0.4 is 10.1 Å². The molecule has 0 saturated carbocycles. The van der Waals surface area contributed by atoms with E-state index >= 15 is 0 Å². The van der Waals surface area contributed by atoms with Gasteiger partial charge in [-0.3, -0.25) is 10.1 Å². The molecule has 4 aromatic rings. The van der Waals surface area contributed by atoms with Gasteiger partial charge in [-0.25, -0.2) is 4.98 Å². The molecule has 28 heavy (non-hydrogen) atoms. The van der Waals surface area contributed by atoms with Crippen LogP contribution in [0, 0.1) is 13.8 Å². The third kappa shape index (κ3) is 3.89. The SMILES string of the molecule is Cc1cccc(C)c1OCC(=O)Nc1nc(-c2ccc3ccccc3c2)cs1. The van der Waals surface area contributed by atoms with Crippen LogP contribution in [0.15, 0.2) is 66.0 Å². The number of carbonyl (C=O) groups is 1. The van der Waals surface area contributed by atoms with Gasteiger partial charge >= 0.3 is 0 Å². The lowest BCUT2D eigenvalue weighted by Crippen LogP contribution is -2.20. The van der Waals surface area contributed by atoms with Gasteiger partial charge in [-0.2, -0.15) is 0 Å². The van der Waals surface area contributed by atoms with Gasteiger partial charge in [0.05, 0.1) is 5.69 Å². The minimum Gasteiger partial charge on any atom is -0.483 e. The Morgan fingerprint density at radius 1 is 1.00 bits per heavy atom. The molecular formula is C23H20N2O2S. The number of benzene rings is 3. The predicted molar refractivity (Wildman–Crippen MR) is 115 cm³/mol. The Morgan fingerprint density at radius 2 is 1.75 bits per heavy atom. The highest BCUT2D eigenvalue weighted by Crippen LogP contribution is 2.28. The van der Waals surface area contributed by atoms with Crippen molar-refractivity contribution in [2.75, 3.05) is 11.9 Å². The highest BCUT2D eigenvalue weighted by atomic mass is 32.1. The number of aromatic nitrogens is 1. The molecule has 0 radical (unpaired) electrons. The van der Waals surface area contributed by atoms with Crippen molar-refractivity contribution in [3.63, 3.8) is 0 Å². The van der Waals surface area contributed by atoms with Crippen LogP contribution in [0.4, 0.5) is 5.13 Å². The Labute approximate surface area is 167 Å². The number of aryl methyl sites for hydroxylation is 2. The maximum absolute atomic E-state index is 12.3. The number of hydrogen-bond donors (Lipinski definition) is 1. The molecule has 0 bridgehead atoms. The van der Waals surface area contributed by atoms with Gasteiger partial charge in [0, 0.05) is 10.9 Å². The summed E-state index contributed by atoms with van der Waals surface area (Å²) in [5.41, 5.74) is 3.91. The molecule has 0 saturated heterocycles. The Morgan fingerprint density at radius 3 is 2.54 bits per heavy atom. The third-order valence-electron chi connectivity index (χ3n) is 4.55. The molecule has 0 aliphatic carbocycles. The number of nitrogens with one attached hydrogen (secondary N) is 1. The molecule has 0 aliphatic rings. The third-order valence-corrected chi connectivity index (χ3v) is 5.31. The van der Waals surface area contributed by atoms with Crippen LogP contribution in [0.5, 0.6) is 5.75 Å². The Bertz CT molecular complexity index is 1130. The Kier molecular flexibility index (Phi) is 5.08. The van der Waals surface area contributed by atoms with Gasteiger partial charge in [-0.1, -0.05) is 54.6 Å². The fourth-order valence-electron chi connectivity index (χ4n) is 3.13. The second kappa shape index (κ2) is 7.82. The molecule has 0 atom stereocenters. The van der Waals surface area contributed by atoms with Crippen LogP contribution in [0.1, 0.15) is 11.1 Å². The van der Waals surface area contributed by atoms with E-state index < -0.39 is 0 Å². The zero-order chi connectivity index (χ0) is 19.5. The van der Waals surface area contributed by atoms with Crippen LogP contribution in [-0.4, -0.2) is 17.5 Å². The zero-order valence-electron chi connectivity index (χ0n) is 15.7. The number of para-hydroxylation sites is 1. The lowest BCUT2D eigenvalue weighted by molar-refractivity contribution is -0.118. The molecule has 1 aromatic heterocycles. The fourth-order valence-corrected chi connectivity index (χ4v) is 3.87. The second-order valence-corrected chi connectivity index (χ2v) is 7.52. The number of hydrogen-bond acceptors (Lipinski definition) is 4. The van der Waals surface area contributed by atoms with Crippen molar-refractivity contribution in [1.82, 2.24) is 4.98 Å². The van der Waals surface area contributed by atoms with Crippen molar-refractivity contribution in [3.8, 4) is 17.0 Å². The fraction of sp³-hybridized carbons (Fsp3) is 0.130. The number of rotatable bonds is 5. The van der Waals surface area contributed by atoms with Crippen LogP contribution in [-0.2, 0) is 4.79 Å². The molecule has 4 rings (SSSR count). The van der Waals surface area contributed by atoms with E-state index in [1.54, 1.807) is 0 Å². The number of amides is 1. The van der Waals surface area contributed by atoms with E-state index in [0.29, 0.717) is 5.13 Å². The highest BCUT2D eigenvalue weighted by molar-refractivity contribution is 7.14. The molecule has 0 aliphatic heterocycles. The van der Waals surface area contributed by atoms with Crippen molar-refractivity contribution in [2.24, 2.45) is 0 Å². The number of fused-ring (bicyclic) bond motifs is 1. The first kappa shape index (κ1) is 18.2. The molecule has 4 nitrogen and oxygen atoms in total. The van der Waals surface area contributed by atoms with Crippen molar-refractivity contribution < 1.29 is 9.53 Å². The average molecular weight is 388 g/mol. The summed E-state index contributed by atoms with van der Waals surface area (Å²) in [6.45, 7) is 3.89. The molecule has 5 heteroatoms. The largest absolute Gasteiger partial charge is 0.483 e. The summed E-state index contributed by atoms with van der Waals surface area (Å²) in [4.78, 5) is 16.8. The minimum atomic E-state index is -0.220. The summed E-state index contributed by atoms with van der Waals surface area (Å²) in [7, 11) is 0. The summed E-state index contributed by atoms with van der Waals surface area (Å²) in [5.74, 6) is 0.538. The van der Waals surface area contributed by atoms with E-state index in [1.807, 2.05) is 55.6 Å². The number of nitrogens with zero attached hydrogens (tertiary/aromatic N) is 1. The normalized spacial score (nSPS) is 10.8. The maximum Gasteiger partial charge on any atom is 0.264 e. The van der Waals surface area contributed by atoms with Gasteiger partial charge in [0.2, 0.25) is 0 Å². The van der Waals surface area contributed by atoms with E-state index in [0.717, 1.165) is 28.1 Å². The smallest absolute Gasteiger partial charge is 0.264 e. The Hall–Kier alpha value is -3.18. The first-order valence-corrected chi connectivity index (χ1v) is 9.92. The predicted octanol–water partition coefficient (Wildman–Crippen LogP) is 5.60. The van der Waals surface area contributed by atoms with E-state index in [4.69, 9.17) is 4.74 Å². The van der Waals surface area contributed by atoms with Gasteiger partial charge < -0.3 is 4.74 Å². The highest BCUT2D eigenvalue weighted by Gasteiger charge is 2.11. The van der Waals surface area contributed by atoms with Gasteiger partial charge in [0.15, 0.2) is 11.7 Å². The second-order valence-electron chi connectivity index (χ2n) is 6.66. The molecule has 0 spiro atoms. The maximum atomic E-state index is 12.3. The summed E-state index contributed by atoms with van der Waals surface area (Å²) < 4.78 is 5.71. The summed E-state index contributed by atoms with van der Waals surface area (Å²) in [6.07, 6.45) is 0. The molecule has 0 unspecified atom stereocenters. The van der Waals surface area contributed by atoms with Crippen molar-refractivity contribution in [2.45, 2.75) is 13.8 Å². The zero-order valence-corrected chi connectivity index (χ0v) is 16.5. The van der Waals surface area contributed by atoms with Crippen LogP contribution >= 0.6 is 11.3 Å². The van der Waals surface area contributed by atoms with Crippen LogP contribution in [0.3, 0.4) is 0 Å². The summed E-state index contributed by atoms with van der Waals surface area (Å²) in [6, 6.07) is 20.4. The standard InChI is InChI=1S/C23H20N2O2S/c1-15-6-5-7-16(2)22(15)27-13-21(26)25-23-24-20(14-28-23)19-11-10-17-8-3-4-9-18(17)12-19/h3-12,14H,13H2,1-2H3,(H,24,25,26). The van der Waals surface area contributed by atoms with Crippen molar-refractivity contribution in [3.05, 3.63) is 77.2 Å². The number of anilines is 1. The molecule has 3 aromatic carbocycles. The summed E-state index contributed by atoms with van der Waals surface area (Å²) >= 11 is 1.41. The molecule has 1 amide bonds. The lowest BCUT2D eigenvalue weighted by Gasteiger charge is -2.11. The average Bonchev–Trinajstić information content (AvgIpc) is 3.15. The first-order chi connectivity index (χ1) is 13.6. The van der Waals surface area contributed by atoms with Gasteiger partial charge in [-0.15, -0.1) is 11.3 Å². The minimum absolute atomic E-state index is 0.0451. The first-order valence-electron chi connectivity index (χ1n) is 9.04. The van der Waals surface area contributed by atoms with E-state index in [-0.39, 0.29) is 12.5 Å².